The summed E-state index contributed by atoms with van der Waals surface area (Å²) in [7, 11) is 0. The summed E-state index contributed by atoms with van der Waals surface area (Å²) in [6.45, 7) is 0.500. The number of rotatable bonds is 3. The van der Waals surface area contributed by atoms with Crippen LogP contribution in [-0.4, -0.2) is 6.54 Å². The van der Waals surface area contributed by atoms with Gasteiger partial charge in [-0.25, -0.2) is 8.78 Å². The molecule has 0 bridgehead atoms. The molecule has 0 aliphatic rings. The number of nitrogens with two attached hydrogens (primary N) is 1. The zero-order valence-corrected chi connectivity index (χ0v) is 10.8. The second-order valence-corrected chi connectivity index (χ2v) is 4.66. The van der Waals surface area contributed by atoms with E-state index in [9.17, 15) is 8.78 Å². The van der Waals surface area contributed by atoms with Gasteiger partial charge in [0.2, 0.25) is 0 Å². The van der Waals surface area contributed by atoms with Crippen molar-refractivity contribution in [1.29, 1.82) is 0 Å². The molecule has 2 aromatic rings. The molecule has 1 aromatic carbocycles. The molecule has 2 nitrogen and oxygen atoms in total. The van der Waals surface area contributed by atoms with Crippen molar-refractivity contribution in [2.45, 2.75) is 6.61 Å². The van der Waals surface area contributed by atoms with Gasteiger partial charge in [0, 0.05) is 23.8 Å². The van der Waals surface area contributed by atoms with Crippen molar-refractivity contribution < 1.29 is 13.5 Å². The SMILES string of the molecule is NCC#Cc1ccsc1COc1cc(F)cc(F)c1. The van der Waals surface area contributed by atoms with Crippen LogP contribution >= 0.6 is 11.3 Å². The predicted molar refractivity (Wildman–Crippen MR) is 70.9 cm³/mol. The number of halogens is 2. The lowest BCUT2D eigenvalue weighted by molar-refractivity contribution is 0.306. The van der Waals surface area contributed by atoms with Crippen molar-refractivity contribution in [3.63, 3.8) is 0 Å². The molecule has 0 fully saturated rings. The molecular weight excluding hydrogens is 268 g/mol. The van der Waals surface area contributed by atoms with E-state index >= 15 is 0 Å². The predicted octanol–water partition coefficient (Wildman–Crippen LogP) is 2.92. The molecule has 5 heteroatoms. The number of thiophene rings is 1. The van der Waals surface area contributed by atoms with Crippen LogP contribution in [0.5, 0.6) is 5.75 Å². The van der Waals surface area contributed by atoms with Crippen molar-refractivity contribution in [2.24, 2.45) is 5.73 Å². The van der Waals surface area contributed by atoms with Crippen molar-refractivity contribution in [2.75, 3.05) is 6.54 Å². The third-order valence-corrected chi connectivity index (χ3v) is 3.17. The average Bonchev–Trinajstić information content (AvgIpc) is 2.80. The normalized spacial score (nSPS) is 9.84. The second-order valence-electron chi connectivity index (χ2n) is 3.66. The maximum absolute atomic E-state index is 13.0. The first-order valence-electron chi connectivity index (χ1n) is 5.53. The Bertz CT molecular complexity index is 608. The average molecular weight is 279 g/mol. The van der Waals surface area contributed by atoms with E-state index < -0.39 is 11.6 Å². The topological polar surface area (TPSA) is 35.2 Å². The summed E-state index contributed by atoms with van der Waals surface area (Å²) in [5.41, 5.74) is 6.13. The minimum absolute atomic E-state index is 0.156. The summed E-state index contributed by atoms with van der Waals surface area (Å²) in [4.78, 5) is 0.894. The van der Waals surface area contributed by atoms with Crippen molar-refractivity contribution in [1.82, 2.24) is 0 Å². The van der Waals surface area contributed by atoms with Crippen molar-refractivity contribution in [3.05, 3.63) is 51.7 Å². The largest absolute Gasteiger partial charge is 0.488 e. The summed E-state index contributed by atoms with van der Waals surface area (Å²) in [5.74, 6) is 4.51. The molecule has 0 aliphatic carbocycles. The smallest absolute Gasteiger partial charge is 0.129 e. The highest BCUT2D eigenvalue weighted by Gasteiger charge is 2.05. The van der Waals surface area contributed by atoms with E-state index in [-0.39, 0.29) is 18.9 Å². The van der Waals surface area contributed by atoms with Crippen LogP contribution in [0.15, 0.2) is 29.6 Å². The molecule has 2 rings (SSSR count). The van der Waals surface area contributed by atoms with Crippen LogP contribution in [0, 0.1) is 23.5 Å². The minimum atomic E-state index is -0.663. The lowest BCUT2D eigenvalue weighted by Gasteiger charge is -2.05. The van der Waals surface area contributed by atoms with Gasteiger partial charge in [-0.2, -0.15) is 0 Å². The third kappa shape index (κ3) is 3.78. The van der Waals surface area contributed by atoms with Gasteiger partial charge in [-0.15, -0.1) is 11.3 Å². The van der Waals surface area contributed by atoms with E-state index in [0.29, 0.717) is 0 Å². The zero-order chi connectivity index (χ0) is 13.7. The molecule has 1 aromatic heterocycles. The third-order valence-electron chi connectivity index (χ3n) is 2.28. The molecule has 98 valence electrons. The van der Waals surface area contributed by atoms with Gasteiger partial charge >= 0.3 is 0 Å². The molecule has 0 spiro atoms. The molecule has 19 heavy (non-hydrogen) atoms. The van der Waals surface area contributed by atoms with E-state index in [2.05, 4.69) is 11.8 Å². The minimum Gasteiger partial charge on any atom is -0.488 e. The molecule has 0 saturated carbocycles. The highest BCUT2D eigenvalue weighted by atomic mass is 32.1. The number of ether oxygens (including phenoxy) is 1. The summed E-state index contributed by atoms with van der Waals surface area (Å²) in [6.07, 6.45) is 0. The Morgan fingerprint density at radius 3 is 2.63 bits per heavy atom. The van der Waals surface area contributed by atoms with E-state index in [1.807, 2.05) is 11.4 Å². The first-order chi connectivity index (χ1) is 9.19. The molecular formula is C14H11F2NOS. The van der Waals surface area contributed by atoms with Gasteiger partial charge in [0.25, 0.3) is 0 Å². The van der Waals surface area contributed by atoms with Gasteiger partial charge in [-0.05, 0) is 11.4 Å². The summed E-state index contributed by atoms with van der Waals surface area (Å²) >= 11 is 1.47. The molecule has 0 atom stereocenters. The van der Waals surface area contributed by atoms with Crippen LogP contribution in [0.2, 0.25) is 0 Å². The molecule has 2 N–H and O–H groups in total. The first-order valence-corrected chi connectivity index (χ1v) is 6.41. The standard InChI is InChI=1S/C14H11F2NOS/c15-11-6-12(16)8-13(7-11)18-9-14-10(2-1-4-17)3-5-19-14/h3,5-8H,4,9,17H2. The van der Waals surface area contributed by atoms with Crippen molar-refractivity contribution >= 4 is 11.3 Å². The Morgan fingerprint density at radius 1 is 1.21 bits per heavy atom. The summed E-state index contributed by atoms with van der Waals surface area (Å²) in [5, 5.41) is 1.88. The van der Waals surface area contributed by atoms with Crippen LogP contribution in [0.1, 0.15) is 10.4 Å². The van der Waals surface area contributed by atoms with Gasteiger partial charge in [-0.1, -0.05) is 11.8 Å². The fourth-order valence-corrected chi connectivity index (χ4v) is 2.21. The second kappa shape index (κ2) is 6.32. The number of hydrogen-bond donors (Lipinski definition) is 1. The van der Waals surface area contributed by atoms with Gasteiger partial charge in [0.1, 0.15) is 24.0 Å². The Kier molecular flexibility index (Phi) is 4.50. The highest BCUT2D eigenvalue weighted by Crippen LogP contribution is 2.21. The quantitative estimate of drug-likeness (QED) is 0.877. The molecule has 0 unspecified atom stereocenters. The molecule has 0 radical (unpaired) electrons. The van der Waals surface area contributed by atoms with Crippen LogP contribution in [0.25, 0.3) is 0 Å². The zero-order valence-electron chi connectivity index (χ0n) is 9.95. The fraction of sp³-hybridized carbons (Fsp3) is 0.143. The first kappa shape index (κ1) is 13.5. The fourth-order valence-electron chi connectivity index (χ4n) is 1.47. The molecule has 0 aliphatic heterocycles. The lowest BCUT2D eigenvalue weighted by Crippen LogP contribution is -1.97. The van der Waals surface area contributed by atoms with E-state index in [1.165, 1.54) is 11.3 Å². The van der Waals surface area contributed by atoms with Gasteiger partial charge < -0.3 is 10.5 Å². The lowest BCUT2D eigenvalue weighted by atomic mass is 10.2. The van der Waals surface area contributed by atoms with E-state index in [1.54, 1.807) is 0 Å². The maximum atomic E-state index is 13.0. The maximum Gasteiger partial charge on any atom is 0.129 e. The van der Waals surface area contributed by atoms with Crippen molar-refractivity contribution in [3.8, 4) is 17.6 Å². The highest BCUT2D eigenvalue weighted by molar-refractivity contribution is 7.10. The van der Waals surface area contributed by atoms with E-state index in [4.69, 9.17) is 10.5 Å². The summed E-state index contributed by atoms with van der Waals surface area (Å²) < 4.78 is 31.3. The number of hydrogen-bond acceptors (Lipinski definition) is 3. The van der Waals surface area contributed by atoms with Crippen LogP contribution < -0.4 is 10.5 Å². The van der Waals surface area contributed by atoms with Crippen LogP contribution in [0.4, 0.5) is 8.78 Å². The number of benzene rings is 1. The van der Waals surface area contributed by atoms with Crippen LogP contribution in [0.3, 0.4) is 0 Å². The molecule has 0 saturated heterocycles. The Labute approximate surface area is 113 Å². The van der Waals surface area contributed by atoms with Crippen LogP contribution in [-0.2, 0) is 6.61 Å². The van der Waals surface area contributed by atoms with Gasteiger partial charge in [0.15, 0.2) is 0 Å². The Morgan fingerprint density at radius 2 is 1.95 bits per heavy atom. The molecule has 1 heterocycles. The molecule has 0 amide bonds. The van der Waals surface area contributed by atoms with Gasteiger partial charge in [-0.3, -0.25) is 0 Å². The Balaban J connectivity index is 2.08. The van der Waals surface area contributed by atoms with E-state index in [0.717, 1.165) is 28.6 Å². The van der Waals surface area contributed by atoms with Gasteiger partial charge in [0.05, 0.1) is 11.4 Å². The monoisotopic (exact) mass is 279 g/mol. The Hall–Kier alpha value is -1.90. The summed E-state index contributed by atoms with van der Waals surface area (Å²) in [6, 6.07) is 4.94.